The van der Waals surface area contributed by atoms with Crippen LogP contribution in [0.5, 0.6) is 0 Å². The molecule has 1 aliphatic rings. The van der Waals surface area contributed by atoms with Gasteiger partial charge in [-0.25, -0.2) is 19.3 Å². The highest BCUT2D eigenvalue weighted by Gasteiger charge is 2.24. The summed E-state index contributed by atoms with van der Waals surface area (Å²) in [5, 5.41) is 6.26. The fourth-order valence-corrected chi connectivity index (χ4v) is 5.77. The number of nitrogens with one attached hydrogen (secondary N) is 1. The van der Waals surface area contributed by atoms with Gasteiger partial charge in [0.1, 0.15) is 22.3 Å². The Labute approximate surface area is 188 Å². The van der Waals surface area contributed by atoms with Crippen LogP contribution in [0.1, 0.15) is 29.5 Å². The Morgan fingerprint density at radius 2 is 2.06 bits per heavy atom. The number of halogens is 1. The molecular formula is C24H21FN6S. The molecule has 0 radical (unpaired) electrons. The standard InChI is InChI=1S/C24H21FN6S/c1-27-18-3-2-4-20-22(18)30-24(32-20)17-11-29-23(26)16-9-13(5-6-15(16)17)19-12-28-21-10-14(25)7-8-31(19)21/h5-12,18,27H,2-4H2,1H3,(H2,26,29)/t18-/m0/s1. The highest BCUT2D eigenvalue weighted by molar-refractivity contribution is 7.15. The molecule has 4 heterocycles. The zero-order chi connectivity index (χ0) is 21.8. The second-order valence-corrected chi connectivity index (χ2v) is 9.18. The molecule has 160 valence electrons. The molecule has 4 aromatic heterocycles. The van der Waals surface area contributed by atoms with Crippen molar-refractivity contribution in [1.82, 2.24) is 24.7 Å². The number of nitrogens with zero attached hydrogens (tertiary/aromatic N) is 4. The van der Waals surface area contributed by atoms with Crippen molar-refractivity contribution in [3.63, 3.8) is 0 Å². The molecule has 3 N–H and O–H groups in total. The number of anilines is 1. The molecule has 8 heteroatoms. The quantitative estimate of drug-likeness (QED) is 0.410. The van der Waals surface area contributed by atoms with Gasteiger partial charge in [0.25, 0.3) is 0 Å². The van der Waals surface area contributed by atoms with Gasteiger partial charge in [-0.3, -0.25) is 4.40 Å². The molecular weight excluding hydrogens is 423 g/mol. The van der Waals surface area contributed by atoms with Gasteiger partial charge in [0, 0.05) is 39.9 Å². The second-order valence-electron chi connectivity index (χ2n) is 8.10. The fourth-order valence-electron chi connectivity index (χ4n) is 4.58. The molecule has 32 heavy (non-hydrogen) atoms. The Morgan fingerprint density at radius 1 is 1.16 bits per heavy atom. The third-order valence-corrected chi connectivity index (χ3v) is 7.39. The van der Waals surface area contributed by atoms with Gasteiger partial charge in [-0.1, -0.05) is 12.1 Å². The van der Waals surface area contributed by atoms with Crippen molar-refractivity contribution >= 4 is 33.6 Å². The minimum absolute atomic E-state index is 0.307. The molecule has 6 rings (SSSR count). The number of nitrogens with two attached hydrogens (primary N) is 1. The fraction of sp³-hybridized carbons (Fsp3) is 0.208. The molecule has 0 bridgehead atoms. The van der Waals surface area contributed by atoms with E-state index in [1.54, 1.807) is 23.7 Å². The number of thiazole rings is 1. The average Bonchev–Trinajstić information content (AvgIpc) is 3.43. The molecule has 1 aliphatic carbocycles. The number of hydrogen-bond acceptors (Lipinski definition) is 6. The maximum Gasteiger partial charge on any atom is 0.140 e. The summed E-state index contributed by atoms with van der Waals surface area (Å²) in [5.74, 6) is 0.165. The van der Waals surface area contributed by atoms with Gasteiger partial charge in [0.15, 0.2) is 0 Å². The number of hydrogen-bond donors (Lipinski definition) is 2. The summed E-state index contributed by atoms with van der Waals surface area (Å²) in [6.07, 6.45) is 8.62. The van der Waals surface area contributed by atoms with Crippen LogP contribution in [0, 0.1) is 5.82 Å². The Morgan fingerprint density at radius 3 is 2.94 bits per heavy atom. The van der Waals surface area contributed by atoms with Crippen molar-refractivity contribution in [1.29, 1.82) is 0 Å². The molecule has 1 atom stereocenters. The predicted octanol–water partition coefficient (Wildman–Crippen LogP) is 4.99. The lowest BCUT2D eigenvalue weighted by Crippen LogP contribution is -2.21. The van der Waals surface area contributed by atoms with E-state index in [4.69, 9.17) is 10.7 Å². The van der Waals surface area contributed by atoms with Gasteiger partial charge < -0.3 is 11.1 Å². The third kappa shape index (κ3) is 2.98. The summed E-state index contributed by atoms with van der Waals surface area (Å²) in [5.41, 5.74) is 10.8. The lowest BCUT2D eigenvalue weighted by molar-refractivity contribution is 0.490. The number of rotatable bonds is 3. The van der Waals surface area contributed by atoms with E-state index in [1.165, 1.54) is 29.1 Å². The smallest absolute Gasteiger partial charge is 0.140 e. The van der Waals surface area contributed by atoms with E-state index >= 15 is 0 Å². The highest BCUT2D eigenvalue weighted by atomic mass is 32.1. The Hall–Kier alpha value is -3.36. The van der Waals surface area contributed by atoms with Crippen LogP contribution in [0.3, 0.4) is 0 Å². The number of nitrogen functional groups attached to an aromatic ring is 1. The van der Waals surface area contributed by atoms with E-state index in [2.05, 4.69) is 21.4 Å². The van der Waals surface area contributed by atoms with Crippen molar-refractivity contribution in [2.75, 3.05) is 12.8 Å². The summed E-state index contributed by atoms with van der Waals surface area (Å²) in [4.78, 5) is 15.2. The van der Waals surface area contributed by atoms with Crippen LogP contribution >= 0.6 is 11.3 Å². The van der Waals surface area contributed by atoms with Crippen molar-refractivity contribution in [2.24, 2.45) is 0 Å². The van der Waals surface area contributed by atoms with Gasteiger partial charge in [0.05, 0.1) is 23.6 Å². The van der Waals surface area contributed by atoms with Gasteiger partial charge in [0.2, 0.25) is 0 Å². The van der Waals surface area contributed by atoms with Gasteiger partial charge >= 0.3 is 0 Å². The number of benzene rings is 1. The van der Waals surface area contributed by atoms with Crippen molar-refractivity contribution in [3.05, 3.63) is 65.3 Å². The number of imidazole rings is 1. The van der Waals surface area contributed by atoms with E-state index < -0.39 is 0 Å². The molecule has 1 aromatic carbocycles. The molecule has 0 amide bonds. The maximum atomic E-state index is 13.6. The minimum atomic E-state index is -0.307. The average molecular weight is 445 g/mol. The zero-order valence-corrected chi connectivity index (χ0v) is 18.3. The third-order valence-electron chi connectivity index (χ3n) is 6.22. The van der Waals surface area contributed by atoms with Crippen LogP contribution in [0.2, 0.25) is 0 Å². The number of aryl methyl sites for hydroxylation is 1. The molecule has 0 fully saturated rings. The molecule has 6 nitrogen and oxygen atoms in total. The summed E-state index contributed by atoms with van der Waals surface area (Å²) in [7, 11) is 2.00. The summed E-state index contributed by atoms with van der Waals surface area (Å²) in [6, 6.07) is 9.29. The summed E-state index contributed by atoms with van der Waals surface area (Å²) >= 11 is 1.75. The SMILES string of the molecule is CN[C@H]1CCCc2sc(-c3cnc(N)c4cc(-c5cnc6cc(F)ccn56)ccc34)nc21. The van der Waals surface area contributed by atoms with Crippen LogP contribution in [0.15, 0.2) is 48.9 Å². The molecule has 0 aliphatic heterocycles. The Bertz CT molecular complexity index is 1490. The molecule has 0 saturated carbocycles. The normalized spacial score (nSPS) is 16.0. The first-order valence-corrected chi connectivity index (χ1v) is 11.4. The lowest BCUT2D eigenvalue weighted by atomic mass is 9.98. The van der Waals surface area contributed by atoms with E-state index in [-0.39, 0.29) is 5.82 Å². The van der Waals surface area contributed by atoms with E-state index in [0.29, 0.717) is 17.5 Å². The van der Waals surface area contributed by atoms with Crippen LogP contribution < -0.4 is 11.1 Å². The van der Waals surface area contributed by atoms with Crippen molar-refractivity contribution in [2.45, 2.75) is 25.3 Å². The van der Waals surface area contributed by atoms with Gasteiger partial charge in [-0.2, -0.15) is 0 Å². The van der Waals surface area contributed by atoms with Crippen LogP contribution in [-0.2, 0) is 6.42 Å². The minimum Gasteiger partial charge on any atom is -0.383 e. The first kappa shape index (κ1) is 19.3. The van der Waals surface area contributed by atoms with E-state index in [0.717, 1.165) is 45.4 Å². The Kier molecular flexibility index (Phi) is 4.44. The largest absolute Gasteiger partial charge is 0.383 e. The van der Waals surface area contributed by atoms with Crippen LogP contribution in [-0.4, -0.2) is 26.4 Å². The number of fused-ring (bicyclic) bond motifs is 3. The number of aromatic nitrogens is 4. The van der Waals surface area contributed by atoms with Crippen molar-refractivity contribution in [3.8, 4) is 21.8 Å². The summed E-state index contributed by atoms with van der Waals surface area (Å²) < 4.78 is 15.4. The molecule has 0 spiro atoms. The summed E-state index contributed by atoms with van der Waals surface area (Å²) in [6.45, 7) is 0. The first-order valence-electron chi connectivity index (χ1n) is 10.6. The van der Waals surface area contributed by atoms with E-state index in [9.17, 15) is 4.39 Å². The van der Waals surface area contributed by atoms with Gasteiger partial charge in [-0.05, 0) is 43.8 Å². The predicted molar refractivity (Wildman–Crippen MR) is 126 cm³/mol. The number of pyridine rings is 2. The highest BCUT2D eigenvalue weighted by Crippen LogP contribution is 2.40. The molecule has 0 unspecified atom stereocenters. The van der Waals surface area contributed by atoms with E-state index in [1.807, 2.05) is 29.8 Å². The van der Waals surface area contributed by atoms with Crippen molar-refractivity contribution < 1.29 is 4.39 Å². The molecule has 0 saturated heterocycles. The Balaban J connectivity index is 1.49. The van der Waals surface area contributed by atoms with Crippen LogP contribution in [0.25, 0.3) is 38.2 Å². The first-order chi connectivity index (χ1) is 15.6. The van der Waals surface area contributed by atoms with Crippen LogP contribution in [0.4, 0.5) is 10.2 Å². The molecule has 5 aromatic rings. The lowest BCUT2D eigenvalue weighted by Gasteiger charge is -2.19. The second kappa shape index (κ2) is 7.36. The maximum absolute atomic E-state index is 13.6. The zero-order valence-electron chi connectivity index (χ0n) is 17.5. The monoisotopic (exact) mass is 444 g/mol. The van der Waals surface area contributed by atoms with Gasteiger partial charge in [-0.15, -0.1) is 11.3 Å². The topological polar surface area (TPSA) is 81.1 Å².